The second kappa shape index (κ2) is 4.99. The summed E-state index contributed by atoms with van der Waals surface area (Å²) in [6.45, 7) is 0. The van der Waals surface area contributed by atoms with Gasteiger partial charge in [-0.2, -0.15) is 5.26 Å². The molecule has 0 unspecified atom stereocenters. The molecule has 17 heavy (non-hydrogen) atoms. The van der Waals surface area contributed by atoms with E-state index in [4.69, 9.17) is 14.7 Å². The molecule has 0 saturated carbocycles. The van der Waals surface area contributed by atoms with Crippen molar-refractivity contribution in [3.8, 4) is 23.4 Å². The fourth-order valence-corrected chi connectivity index (χ4v) is 1.27. The third-order valence-corrected chi connectivity index (χ3v) is 2.15. The fourth-order valence-electron chi connectivity index (χ4n) is 1.27. The zero-order chi connectivity index (χ0) is 12.1. The zero-order valence-corrected chi connectivity index (χ0v) is 9.25. The topological polar surface area (TPSA) is 55.1 Å². The molecular weight excluding hydrogens is 216 g/mol. The lowest BCUT2D eigenvalue weighted by atomic mass is 10.2. The van der Waals surface area contributed by atoms with Crippen LogP contribution in [0.5, 0.6) is 17.4 Å². The Hall–Kier alpha value is -2.54. The van der Waals surface area contributed by atoms with Crippen molar-refractivity contribution in [3.63, 3.8) is 0 Å². The lowest BCUT2D eigenvalue weighted by Gasteiger charge is -2.05. The van der Waals surface area contributed by atoms with E-state index >= 15 is 0 Å². The summed E-state index contributed by atoms with van der Waals surface area (Å²) in [6.07, 6.45) is 1.58. The highest BCUT2D eigenvalue weighted by Crippen LogP contribution is 2.21. The number of benzene rings is 1. The van der Waals surface area contributed by atoms with Crippen LogP contribution in [-0.2, 0) is 0 Å². The Labute approximate surface area is 99.1 Å². The summed E-state index contributed by atoms with van der Waals surface area (Å²) < 4.78 is 10.5. The molecule has 0 saturated heterocycles. The lowest BCUT2D eigenvalue weighted by Crippen LogP contribution is -1.89. The molecule has 1 heterocycles. The summed E-state index contributed by atoms with van der Waals surface area (Å²) in [5, 5.41) is 8.66. The van der Waals surface area contributed by atoms with Crippen LogP contribution < -0.4 is 9.47 Å². The summed E-state index contributed by atoms with van der Waals surface area (Å²) in [4.78, 5) is 4.08. The number of hydrogen-bond donors (Lipinski definition) is 0. The van der Waals surface area contributed by atoms with Crippen LogP contribution in [0.15, 0.2) is 42.6 Å². The Morgan fingerprint density at radius 2 is 1.76 bits per heavy atom. The molecule has 2 rings (SSSR count). The minimum atomic E-state index is 0.482. The normalized spacial score (nSPS) is 9.41. The van der Waals surface area contributed by atoms with Gasteiger partial charge in [-0.05, 0) is 30.3 Å². The summed E-state index contributed by atoms with van der Waals surface area (Å²) in [7, 11) is 1.58. The van der Waals surface area contributed by atoms with Gasteiger partial charge in [0.15, 0.2) is 0 Å². The van der Waals surface area contributed by atoms with E-state index < -0.39 is 0 Å². The van der Waals surface area contributed by atoms with Crippen molar-refractivity contribution >= 4 is 0 Å². The highest BCUT2D eigenvalue weighted by Gasteiger charge is 1.99. The smallest absolute Gasteiger partial charge is 0.219 e. The Morgan fingerprint density at radius 3 is 2.29 bits per heavy atom. The Kier molecular flexibility index (Phi) is 3.22. The first-order valence-electron chi connectivity index (χ1n) is 5.00. The molecule has 0 N–H and O–H groups in total. The molecule has 0 fully saturated rings. The molecule has 0 bridgehead atoms. The largest absolute Gasteiger partial charge is 0.495 e. The van der Waals surface area contributed by atoms with Gasteiger partial charge in [0.2, 0.25) is 5.88 Å². The average molecular weight is 226 g/mol. The maximum Gasteiger partial charge on any atom is 0.219 e. The molecule has 4 heteroatoms. The molecule has 0 amide bonds. The van der Waals surface area contributed by atoms with Crippen LogP contribution in [0.3, 0.4) is 0 Å². The molecular formula is C13H10N2O2. The van der Waals surface area contributed by atoms with Crippen molar-refractivity contribution in [1.82, 2.24) is 4.98 Å². The molecule has 0 aliphatic heterocycles. The van der Waals surface area contributed by atoms with Crippen LogP contribution in [0.25, 0.3) is 0 Å². The Morgan fingerprint density at radius 1 is 1.06 bits per heavy atom. The minimum absolute atomic E-state index is 0.482. The maximum absolute atomic E-state index is 8.66. The first kappa shape index (κ1) is 11.0. The second-order valence-electron chi connectivity index (χ2n) is 3.27. The molecule has 2 aromatic rings. The zero-order valence-electron chi connectivity index (χ0n) is 9.25. The molecule has 4 nitrogen and oxygen atoms in total. The van der Waals surface area contributed by atoms with E-state index in [-0.39, 0.29) is 0 Å². The highest BCUT2D eigenvalue weighted by molar-refractivity contribution is 5.36. The molecule has 0 atom stereocenters. The van der Waals surface area contributed by atoms with Crippen LogP contribution >= 0.6 is 0 Å². The van der Waals surface area contributed by atoms with E-state index in [2.05, 4.69) is 4.98 Å². The van der Waals surface area contributed by atoms with Crippen molar-refractivity contribution in [2.45, 2.75) is 0 Å². The van der Waals surface area contributed by atoms with E-state index in [0.717, 1.165) is 0 Å². The Balaban J connectivity index is 2.11. The first-order chi connectivity index (χ1) is 8.31. The van der Waals surface area contributed by atoms with Gasteiger partial charge < -0.3 is 9.47 Å². The van der Waals surface area contributed by atoms with Crippen molar-refractivity contribution < 1.29 is 9.47 Å². The summed E-state index contributed by atoms with van der Waals surface area (Å²) in [6, 6.07) is 12.4. The number of nitriles is 1. The third-order valence-electron chi connectivity index (χ3n) is 2.15. The SMILES string of the molecule is COc1ccc(Oc2ccc(C#N)cc2)nc1. The van der Waals surface area contributed by atoms with Crippen LogP contribution in [0, 0.1) is 11.3 Å². The highest BCUT2D eigenvalue weighted by atomic mass is 16.5. The van der Waals surface area contributed by atoms with Gasteiger partial charge in [-0.3, -0.25) is 0 Å². The van der Waals surface area contributed by atoms with Crippen LogP contribution in [-0.4, -0.2) is 12.1 Å². The average Bonchev–Trinajstić information content (AvgIpc) is 2.40. The van der Waals surface area contributed by atoms with Gasteiger partial charge in [0, 0.05) is 6.07 Å². The van der Waals surface area contributed by atoms with Crippen LogP contribution in [0.4, 0.5) is 0 Å². The van der Waals surface area contributed by atoms with Crippen molar-refractivity contribution in [2.75, 3.05) is 7.11 Å². The van der Waals surface area contributed by atoms with E-state index in [1.807, 2.05) is 6.07 Å². The molecule has 84 valence electrons. The molecule has 0 radical (unpaired) electrons. The quantitative estimate of drug-likeness (QED) is 0.807. The molecule has 0 aliphatic rings. The number of hydrogen-bond acceptors (Lipinski definition) is 4. The number of pyridine rings is 1. The fraction of sp³-hybridized carbons (Fsp3) is 0.0769. The van der Waals surface area contributed by atoms with Crippen LogP contribution in [0.1, 0.15) is 5.56 Å². The monoisotopic (exact) mass is 226 g/mol. The van der Waals surface area contributed by atoms with E-state index in [1.165, 1.54) is 0 Å². The third kappa shape index (κ3) is 2.73. The number of ether oxygens (including phenoxy) is 2. The lowest BCUT2D eigenvalue weighted by molar-refractivity contribution is 0.408. The summed E-state index contributed by atoms with van der Waals surface area (Å²) in [5.74, 6) is 1.80. The van der Waals surface area contributed by atoms with Gasteiger partial charge in [-0.1, -0.05) is 0 Å². The van der Waals surface area contributed by atoms with Crippen molar-refractivity contribution in [2.24, 2.45) is 0 Å². The Bertz CT molecular complexity index is 527. The standard InChI is InChI=1S/C13H10N2O2/c1-16-12-6-7-13(15-9-12)17-11-4-2-10(8-14)3-5-11/h2-7,9H,1H3. The van der Waals surface area contributed by atoms with E-state index in [9.17, 15) is 0 Å². The van der Waals surface area contributed by atoms with Crippen molar-refractivity contribution in [1.29, 1.82) is 5.26 Å². The predicted molar refractivity (Wildman–Crippen MR) is 62.0 cm³/mol. The van der Waals surface area contributed by atoms with Gasteiger partial charge in [0.05, 0.1) is 24.9 Å². The van der Waals surface area contributed by atoms with Crippen LogP contribution in [0.2, 0.25) is 0 Å². The number of methoxy groups -OCH3 is 1. The number of nitrogens with zero attached hydrogens (tertiary/aromatic N) is 2. The minimum Gasteiger partial charge on any atom is -0.495 e. The molecule has 1 aromatic carbocycles. The first-order valence-corrected chi connectivity index (χ1v) is 5.00. The van der Waals surface area contributed by atoms with E-state index in [1.54, 1.807) is 49.7 Å². The summed E-state index contributed by atoms with van der Waals surface area (Å²) >= 11 is 0. The van der Waals surface area contributed by atoms with Crippen molar-refractivity contribution in [3.05, 3.63) is 48.2 Å². The summed E-state index contributed by atoms with van der Waals surface area (Å²) in [5.41, 5.74) is 0.597. The van der Waals surface area contributed by atoms with Gasteiger partial charge in [0.1, 0.15) is 11.5 Å². The molecule has 0 aliphatic carbocycles. The second-order valence-corrected chi connectivity index (χ2v) is 3.27. The van der Waals surface area contributed by atoms with Gasteiger partial charge >= 0.3 is 0 Å². The van der Waals surface area contributed by atoms with Gasteiger partial charge in [0.25, 0.3) is 0 Å². The predicted octanol–water partition coefficient (Wildman–Crippen LogP) is 2.75. The van der Waals surface area contributed by atoms with E-state index in [0.29, 0.717) is 22.9 Å². The number of aromatic nitrogens is 1. The molecule has 0 spiro atoms. The van der Waals surface area contributed by atoms with Gasteiger partial charge in [-0.25, -0.2) is 4.98 Å². The molecule has 1 aromatic heterocycles. The maximum atomic E-state index is 8.66. The van der Waals surface area contributed by atoms with Gasteiger partial charge in [-0.15, -0.1) is 0 Å². The number of rotatable bonds is 3.